The Morgan fingerprint density at radius 1 is 0.266 bits per heavy atom. The van der Waals surface area contributed by atoms with Crippen LogP contribution in [0, 0.1) is 11.8 Å². The number of ether oxygens (including phenoxy) is 4. The number of phosphoric acid groups is 2. The van der Waals surface area contributed by atoms with E-state index in [1.54, 1.807) is 0 Å². The monoisotopic (exact) mass is 1590 g/mol. The minimum Gasteiger partial charge on any atom is -0.462 e. The highest BCUT2D eigenvalue weighted by Gasteiger charge is 2.31. The molecule has 0 aromatic carbocycles. The minimum absolute atomic E-state index is 0.108. The predicted octanol–water partition coefficient (Wildman–Crippen LogP) is 27.8. The lowest BCUT2D eigenvalue weighted by Gasteiger charge is -2.21. The number of unbranched alkanes of at least 4 members (excludes halogenated alkanes) is 58. The Labute approximate surface area is 670 Å². The molecule has 0 aliphatic rings. The highest BCUT2D eigenvalue weighted by molar-refractivity contribution is 7.47. The van der Waals surface area contributed by atoms with E-state index in [-0.39, 0.29) is 25.7 Å². The van der Waals surface area contributed by atoms with Crippen molar-refractivity contribution in [3.05, 3.63) is 0 Å². The van der Waals surface area contributed by atoms with Crippen molar-refractivity contribution in [2.45, 2.75) is 503 Å². The molecule has 0 fully saturated rings. The zero-order valence-electron chi connectivity index (χ0n) is 71.9. The maximum atomic E-state index is 13.2. The van der Waals surface area contributed by atoms with E-state index in [4.69, 9.17) is 37.0 Å². The number of phosphoric ester groups is 2. The second-order valence-corrected chi connectivity index (χ2v) is 36.0. The van der Waals surface area contributed by atoms with Crippen LogP contribution in [0.1, 0.15) is 485 Å². The quantitative estimate of drug-likeness (QED) is 0.0222. The van der Waals surface area contributed by atoms with Crippen LogP contribution in [0.25, 0.3) is 0 Å². The molecule has 0 amide bonds. The third kappa shape index (κ3) is 82.4. The number of esters is 4. The van der Waals surface area contributed by atoms with Gasteiger partial charge in [0.05, 0.1) is 26.4 Å². The summed E-state index contributed by atoms with van der Waals surface area (Å²) in [4.78, 5) is 73.3. The van der Waals surface area contributed by atoms with Gasteiger partial charge >= 0.3 is 39.5 Å². The van der Waals surface area contributed by atoms with E-state index in [1.807, 2.05) is 0 Å². The van der Waals surface area contributed by atoms with E-state index in [0.717, 1.165) is 102 Å². The molecule has 0 aromatic rings. The molecule has 3 N–H and O–H groups in total. The Balaban J connectivity index is 5.22. The SMILES string of the molecule is CCCCCCCCCCCCCCCCCCCCCCC(=O)OC[C@H](COP(=O)(O)OC[C@@H](O)COP(=O)(O)OC[C@@H](COC(=O)CCCCCCCCCCCC)OC(=O)CCCCCCCCCCCCCCCCC(C)CC)OC(=O)CCCCCCCCCCCCCCCCCCCCC(C)C. The summed E-state index contributed by atoms with van der Waals surface area (Å²) >= 11 is 0. The van der Waals surface area contributed by atoms with E-state index in [9.17, 15) is 43.2 Å². The molecule has 0 saturated carbocycles. The third-order valence-corrected chi connectivity index (χ3v) is 23.5. The Hall–Kier alpha value is -1.94. The number of rotatable bonds is 89. The summed E-state index contributed by atoms with van der Waals surface area (Å²) in [7, 11) is -9.93. The van der Waals surface area contributed by atoms with Crippen molar-refractivity contribution >= 4 is 39.5 Å². The zero-order valence-corrected chi connectivity index (χ0v) is 73.7. The van der Waals surface area contributed by atoms with E-state index < -0.39 is 97.5 Å². The van der Waals surface area contributed by atoms with Gasteiger partial charge in [0.2, 0.25) is 0 Å². The van der Waals surface area contributed by atoms with Crippen LogP contribution in [0.2, 0.25) is 0 Å². The van der Waals surface area contributed by atoms with E-state index in [2.05, 4.69) is 41.5 Å². The first kappa shape index (κ1) is 107. The summed E-state index contributed by atoms with van der Waals surface area (Å²) in [5, 5.41) is 10.7. The van der Waals surface area contributed by atoms with Crippen molar-refractivity contribution in [1.82, 2.24) is 0 Å². The van der Waals surface area contributed by atoms with Crippen molar-refractivity contribution in [3.63, 3.8) is 0 Å². The van der Waals surface area contributed by atoms with Crippen LogP contribution < -0.4 is 0 Å². The normalized spacial score (nSPS) is 14.0. The van der Waals surface area contributed by atoms with E-state index in [0.29, 0.717) is 25.7 Å². The van der Waals surface area contributed by atoms with Crippen LogP contribution in [-0.2, 0) is 65.4 Å². The van der Waals surface area contributed by atoms with Crippen LogP contribution in [0.4, 0.5) is 0 Å². The van der Waals surface area contributed by atoms with E-state index >= 15 is 0 Å². The zero-order chi connectivity index (χ0) is 79.9. The minimum atomic E-state index is -4.97. The van der Waals surface area contributed by atoms with Crippen LogP contribution in [-0.4, -0.2) is 96.7 Å². The molecule has 3 unspecified atom stereocenters. The molecule has 0 radical (unpaired) electrons. The molecular weight excluding hydrogens is 1410 g/mol. The number of hydrogen-bond acceptors (Lipinski definition) is 15. The largest absolute Gasteiger partial charge is 0.472 e. The average molecular weight is 1590 g/mol. The fraction of sp³-hybridized carbons (Fsp3) is 0.956. The third-order valence-electron chi connectivity index (χ3n) is 21.6. The number of hydrogen-bond donors (Lipinski definition) is 3. The highest BCUT2D eigenvalue weighted by Crippen LogP contribution is 2.45. The molecule has 648 valence electrons. The molecule has 0 rings (SSSR count). The Morgan fingerprint density at radius 2 is 0.468 bits per heavy atom. The Morgan fingerprint density at radius 3 is 0.697 bits per heavy atom. The van der Waals surface area contributed by atoms with Crippen LogP contribution in [0.15, 0.2) is 0 Å². The molecular formula is C90H176O17P2. The van der Waals surface area contributed by atoms with Gasteiger partial charge in [0.1, 0.15) is 19.3 Å². The molecule has 0 spiro atoms. The summed E-state index contributed by atoms with van der Waals surface area (Å²) in [5.74, 6) is -0.431. The molecule has 0 aliphatic carbocycles. The van der Waals surface area contributed by atoms with Gasteiger partial charge in [0.15, 0.2) is 12.2 Å². The van der Waals surface area contributed by atoms with Crippen LogP contribution in [0.5, 0.6) is 0 Å². The van der Waals surface area contributed by atoms with Gasteiger partial charge < -0.3 is 33.8 Å². The average Bonchev–Trinajstić information content (AvgIpc) is 0.928. The molecule has 0 heterocycles. The fourth-order valence-electron chi connectivity index (χ4n) is 14.1. The first-order valence-electron chi connectivity index (χ1n) is 46.5. The molecule has 0 bridgehead atoms. The Kier molecular flexibility index (Phi) is 79.8. The standard InChI is InChI=1S/C90H176O17P2/c1-7-10-12-14-16-18-20-21-22-23-24-25-29-32-38-43-49-55-61-67-73-88(93)101-79-86(107-89(94)74-68-62-56-50-44-39-33-30-27-26-28-31-36-41-46-52-58-64-70-82(4)5)81-105-109(98,99)103-77-84(91)76-102-108(96,97)104-80-85(78-100-87(92)72-66-60-54-48-19-17-15-13-11-8-2)106-90(95)75-69-63-57-51-45-40-35-34-37-42-47-53-59-65-71-83(6)9-3/h82-86,91H,7-81H2,1-6H3,(H,96,97)(H,98,99)/t83?,84-,85+,86+/m0/s1. The second kappa shape index (κ2) is 81.2. The maximum Gasteiger partial charge on any atom is 0.472 e. The van der Waals surface area contributed by atoms with Gasteiger partial charge in [-0.1, -0.05) is 433 Å². The summed E-state index contributed by atoms with van der Waals surface area (Å²) in [6.07, 6.45) is 75.0. The summed E-state index contributed by atoms with van der Waals surface area (Å²) < 4.78 is 69.0. The van der Waals surface area contributed by atoms with Crippen LogP contribution in [0.3, 0.4) is 0 Å². The van der Waals surface area contributed by atoms with Gasteiger partial charge in [-0.2, -0.15) is 0 Å². The molecule has 0 aliphatic heterocycles. The second-order valence-electron chi connectivity index (χ2n) is 33.1. The van der Waals surface area contributed by atoms with Crippen molar-refractivity contribution in [2.75, 3.05) is 39.6 Å². The summed E-state index contributed by atoms with van der Waals surface area (Å²) in [5.41, 5.74) is 0. The number of carbonyl (C=O) groups excluding carboxylic acids is 4. The first-order chi connectivity index (χ1) is 52.9. The molecule has 0 saturated heterocycles. The lowest BCUT2D eigenvalue weighted by Crippen LogP contribution is -2.30. The molecule has 17 nitrogen and oxygen atoms in total. The summed E-state index contributed by atoms with van der Waals surface area (Å²) in [6.45, 7) is 9.78. The predicted molar refractivity (Wildman–Crippen MR) is 451 cm³/mol. The molecule has 0 aromatic heterocycles. The van der Waals surface area contributed by atoms with Gasteiger partial charge in [-0.05, 0) is 37.5 Å². The number of carbonyl (C=O) groups is 4. The van der Waals surface area contributed by atoms with Crippen molar-refractivity contribution < 1.29 is 80.2 Å². The van der Waals surface area contributed by atoms with Gasteiger partial charge in [0.25, 0.3) is 0 Å². The highest BCUT2D eigenvalue weighted by atomic mass is 31.2. The van der Waals surface area contributed by atoms with Crippen molar-refractivity contribution in [1.29, 1.82) is 0 Å². The van der Waals surface area contributed by atoms with Gasteiger partial charge in [0, 0.05) is 25.7 Å². The lowest BCUT2D eigenvalue weighted by molar-refractivity contribution is -0.161. The van der Waals surface area contributed by atoms with Crippen molar-refractivity contribution in [3.8, 4) is 0 Å². The van der Waals surface area contributed by atoms with Gasteiger partial charge in [-0.15, -0.1) is 0 Å². The van der Waals surface area contributed by atoms with E-state index in [1.165, 1.54) is 302 Å². The number of aliphatic hydroxyl groups is 1. The van der Waals surface area contributed by atoms with Crippen molar-refractivity contribution in [2.24, 2.45) is 11.8 Å². The topological polar surface area (TPSA) is 237 Å². The smallest absolute Gasteiger partial charge is 0.462 e. The molecule has 19 heteroatoms. The molecule has 109 heavy (non-hydrogen) atoms. The maximum absolute atomic E-state index is 13.2. The van der Waals surface area contributed by atoms with Crippen LogP contribution >= 0.6 is 15.6 Å². The van der Waals surface area contributed by atoms with Gasteiger partial charge in [-0.25, -0.2) is 9.13 Å². The first-order valence-corrected chi connectivity index (χ1v) is 49.5. The number of aliphatic hydroxyl groups excluding tert-OH is 1. The molecule has 6 atom stereocenters. The van der Waals surface area contributed by atoms with Gasteiger partial charge in [-0.3, -0.25) is 37.3 Å². The lowest BCUT2D eigenvalue weighted by atomic mass is 9.99. The summed E-state index contributed by atoms with van der Waals surface area (Å²) in [6, 6.07) is 0. The fourth-order valence-corrected chi connectivity index (χ4v) is 15.7. The Bertz CT molecular complexity index is 2080.